The van der Waals surface area contributed by atoms with Crippen molar-refractivity contribution in [3.8, 4) is 0 Å². The lowest BCUT2D eigenvalue weighted by atomic mass is 10.2. The Balaban J connectivity index is 2.65. The second-order valence-electron chi connectivity index (χ2n) is 4.27. The van der Waals surface area contributed by atoms with E-state index in [4.69, 9.17) is 0 Å². The van der Waals surface area contributed by atoms with E-state index < -0.39 is 0 Å². The number of aromatic nitrogens is 1. The highest BCUT2D eigenvalue weighted by atomic mass is 32.1. The van der Waals surface area contributed by atoms with Crippen LogP contribution in [0.4, 0.5) is 5.13 Å². The fourth-order valence-corrected chi connectivity index (χ4v) is 2.41. The van der Waals surface area contributed by atoms with Crippen molar-refractivity contribution in [2.24, 2.45) is 5.92 Å². The SMILES string of the molecule is CCCc1nc(NCC(C)C)sc1CC. The molecule has 0 saturated heterocycles. The van der Waals surface area contributed by atoms with Crippen molar-refractivity contribution >= 4 is 16.5 Å². The molecule has 1 aromatic heterocycles. The van der Waals surface area contributed by atoms with Crippen molar-refractivity contribution in [2.75, 3.05) is 11.9 Å². The summed E-state index contributed by atoms with van der Waals surface area (Å²) in [6.07, 6.45) is 3.40. The van der Waals surface area contributed by atoms with Crippen molar-refractivity contribution in [1.82, 2.24) is 4.98 Å². The summed E-state index contributed by atoms with van der Waals surface area (Å²) in [5.41, 5.74) is 1.30. The van der Waals surface area contributed by atoms with Crippen molar-refractivity contribution in [3.63, 3.8) is 0 Å². The van der Waals surface area contributed by atoms with Gasteiger partial charge in [0, 0.05) is 11.4 Å². The van der Waals surface area contributed by atoms with E-state index in [1.54, 1.807) is 0 Å². The van der Waals surface area contributed by atoms with E-state index in [1.807, 2.05) is 11.3 Å². The molecule has 86 valence electrons. The fraction of sp³-hybridized carbons (Fsp3) is 0.750. The third-order valence-corrected chi connectivity index (χ3v) is 3.45. The molecule has 1 heterocycles. The lowest BCUT2D eigenvalue weighted by Gasteiger charge is -2.04. The number of hydrogen-bond acceptors (Lipinski definition) is 3. The lowest BCUT2D eigenvalue weighted by Crippen LogP contribution is -2.07. The lowest BCUT2D eigenvalue weighted by molar-refractivity contribution is 0.688. The molecule has 0 atom stereocenters. The van der Waals surface area contributed by atoms with Crippen LogP contribution in [0.5, 0.6) is 0 Å². The predicted octanol–water partition coefficient (Wildman–Crippen LogP) is 3.73. The minimum absolute atomic E-state index is 0.675. The van der Waals surface area contributed by atoms with Crippen LogP contribution >= 0.6 is 11.3 Å². The van der Waals surface area contributed by atoms with Gasteiger partial charge in [0.05, 0.1) is 5.69 Å². The average molecular weight is 226 g/mol. The molecule has 0 amide bonds. The Bertz CT molecular complexity index is 292. The zero-order valence-electron chi connectivity index (χ0n) is 10.3. The van der Waals surface area contributed by atoms with Crippen LogP contribution in [0.2, 0.25) is 0 Å². The van der Waals surface area contributed by atoms with Gasteiger partial charge in [-0.2, -0.15) is 0 Å². The normalized spacial score (nSPS) is 11.0. The van der Waals surface area contributed by atoms with Crippen molar-refractivity contribution < 1.29 is 0 Å². The van der Waals surface area contributed by atoms with Gasteiger partial charge >= 0.3 is 0 Å². The van der Waals surface area contributed by atoms with Crippen molar-refractivity contribution in [1.29, 1.82) is 0 Å². The number of anilines is 1. The number of nitrogens with zero attached hydrogens (tertiary/aromatic N) is 1. The van der Waals surface area contributed by atoms with Gasteiger partial charge in [-0.15, -0.1) is 11.3 Å². The van der Waals surface area contributed by atoms with Crippen LogP contribution in [0.15, 0.2) is 0 Å². The van der Waals surface area contributed by atoms with Gasteiger partial charge in [0.25, 0.3) is 0 Å². The highest BCUT2D eigenvalue weighted by Gasteiger charge is 2.08. The zero-order chi connectivity index (χ0) is 11.3. The van der Waals surface area contributed by atoms with Crippen LogP contribution in [0, 0.1) is 5.92 Å². The number of thiazole rings is 1. The maximum Gasteiger partial charge on any atom is 0.183 e. The molecule has 0 aliphatic heterocycles. The van der Waals surface area contributed by atoms with E-state index in [9.17, 15) is 0 Å². The van der Waals surface area contributed by atoms with E-state index in [1.165, 1.54) is 17.0 Å². The summed E-state index contributed by atoms with van der Waals surface area (Å²) in [7, 11) is 0. The molecule has 0 fully saturated rings. The van der Waals surface area contributed by atoms with Gasteiger partial charge in [0.15, 0.2) is 5.13 Å². The third-order valence-electron chi connectivity index (χ3n) is 2.25. The first kappa shape index (κ1) is 12.5. The Labute approximate surface area is 97.1 Å². The summed E-state index contributed by atoms with van der Waals surface area (Å²) in [6, 6.07) is 0. The fourth-order valence-electron chi connectivity index (χ4n) is 1.46. The smallest absolute Gasteiger partial charge is 0.183 e. The maximum absolute atomic E-state index is 4.65. The third kappa shape index (κ3) is 3.82. The highest BCUT2D eigenvalue weighted by Crippen LogP contribution is 2.24. The van der Waals surface area contributed by atoms with E-state index in [2.05, 4.69) is 38.0 Å². The first-order valence-corrected chi connectivity index (χ1v) is 6.71. The van der Waals surface area contributed by atoms with Crippen molar-refractivity contribution in [2.45, 2.75) is 47.0 Å². The van der Waals surface area contributed by atoms with Gasteiger partial charge < -0.3 is 5.32 Å². The molecule has 1 rings (SSSR count). The minimum atomic E-state index is 0.675. The van der Waals surface area contributed by atoms with Gasteiger partial charge in [0.1, 0.15) is 0 Å². The van der Waals surface area contributed by atoms with E-state index >= 15 is 0 Å². The molecule has 0 aliphatic carbocycles. The molecule has 3 heteroatoms. The summed E-state index contributed by atoms with van der Waals surface area (Å²) in [6.45, 7) is 9.86. The van der Waals surface area contributed by atoms with Gasteiger partial charge in [-0.1, -0.05) is 34.1 Å². The average Bonchev–Trinajstić information content (AvgIpc) is 2.58. The van der Waals surface area contributed by atoms with E-state index in [-0.39, 0.29) is 0 Å². The Hall–Kier alpha value is -0.570. The molecular formula is C12H22N2S. The van der Waals surface area contributed by atoms with Crippen LogP contribution in [-0.4, -0.2) is 11.5 Å². The Morgan fingerprint density at radius 2 is 2.07 bits per heavy atom. The van der Waals surface area contributed by atoms with Crippen LogP contribution in [0.1, 0.15) is 44.7 Å². The predicted molar refractivity (Wildman–Crippen MR) is 68.8 cm³/mol. The molecule has 0 saturated carbocycles. The van der Waals surface area contributed by atoms with Crippen LogP contribution in [-0.2, 0) is 12.8 Å². The van der Waals surface area contributed by atoms with E-state index in [0.29, 0.717) is 5.92 Å². The first-order valence-electron chi connectivity index (χ1n) is 5.89. The summed E-state index contributed by atoms with van der Waals surface area (Å²) in [5.74, 6) is 0.675. The Kier molecular flexibility index (Phi) is 5.09. The number of rotatable bonds is 6. The molecule has 0 radical (unpaired) electrons. The monoisotopic (exact) mass is 226 g/mol. The second kappa shape index (κ2) is 6.11. The molecule has 1 N–H and O–H groups in total. The molecule has 0 aromatic carbocycles. The summed E-state index contributed by atoms with van der Waals surface area (Å²) in [4.78, 5) is 6.10. The molecule has 0 spiro atoms. The van der Waals surface area contributed by atoms with Crippen LogP contribution in [0.3, 0.4) is 0 Å². The number of aryl methyl sites for hydroxylation is 2. The van der Waals surface area contributed by atoms with Gasteiger partial charge in [-0.25, -0.2) is 4.98 Å². The molecule has 2 nitrogen and oxygen atoms in total. The van der Waals surface area contributed by atoms with Gasteiger partial charge in [-0.05, 0) is 18.8 Å². The Morgan fingerprint density at radius 3 is 2.60 bits per heavy atom. The van der Waals surface area contributed by atoms with Gasteiger partial charge in [-0.3, -0.25) is 0 Å². The number of nitrogens with one attached hydrogen (secondary N) is 1. The summed E-state index contributed by atoms with van der Waals surface area (Å²) >= 11 is 1.82. The summed E-state index contributed by atoms with van der Waals surface area (Å²) < 4.78 is 0. The molecule has 0 bridgehead atoms. The quantitative estimate of drug-likeness (QED) is 0.799. The van der Waals surface area contributed by atoms with Crippen LogP contribution < -0.4 is 5.32 Å². The largest absolute Gasteiger partial charge is 0.361 e. The van der Waals surface area contributed by atoms with E-state index in [0.717, 1.165) is 24.5 Å². The van der Waals surface area contributed by atoms with Crippen LogP contribution in [0.25, 0.3) is 0 Å². The second-order valence-corrected chi connectivity index (χ2v) is 5.35. The highest BCUT2D eigenvalue weighted by molar-refractivity contribution is 7.15. The standard InChI is InChI=1S/C12H22N2S/c1-5-7-10-11(6-2)15-12(14-10)13-8-9(3)4/h9H,5-8H2,1-4H3,(H,13,14). The topological polar surface area (TPSA) is 24.9 Å². The molecule has 15 heavy (non-hydrogen) atoms. The van der Waals surface area contributed by atoms with Crippen molar-refractivity contribution in [3.05, 3.63) is 10.6 Å². The molecular weight excluding hydrogens is 204 g/mol. The molecule has 0 aliphatic rings. The molecule has 1 aromatic rings. The number of hydrogen-bond donors (Lipinski definition) is 1. The first-order chi connectivity index (χ1) is 7.17. The molecule has 0 unspecified atom stereocenters. The summed E-state index contributed by atoms with van der Waals surface area (Å²) in [5, 5.41) is 4.51. The maximum atomic E-state index is 4.65. The zero-order valence-corrected chi connectivity index (χ0v) is 11.1. The van der Waals surface area contributed by atoms with Gasteiger partial charge in [0.2, 0.25) is 0 Å². The minimum Gasteiger partial charge on any atom is -0.361 e. The Morgan fingerprint density at radius 1 is 1.33 bits per heavy atom.